The summed E-state index contributed by atoms with van der Waals surface area (Å²) in [5.74, 6) is 0.530. The Labute approximate surface area is 65.0 Å². The first-order valence-corrected chi connectivity index (χ1v) is 3.86. The summed E-state index contributed by atoms with van der Waals surface area (Å²) in [4.78, 5) is 4.21. The lowest BCUT2D eigenvalue weighted by Crippen LogP contribution is -1.84. The maximum atomic E-state index is 5.85. The average molecular weight is 154 g/mol. The Morgan fingerprint density at radius 3 is 2.80 bits per heavy atom. The molecule has 1 aromatic rings. The van der Waals surface area contributed by atoms with E-state index in [-0.39, 0.29) is 0 Å². The molecule has 1 saturated carbocycles. The van der Waals surface area contributed by atoms with Gasteiger partial charge in [0.25, 0.3) is 0 Å². The third-order valence-corrected chi connectivity index (χ3v) is 2.26. The van der Waals surface area contributed by atoms with Gasteiger partial charge >= 0.3 is 0 Å². The van der Waals surface area contributed by atoms with Crippen LogP contribution >= 0.6 is 11.6 Å². The van der Waals surface area contributed by atoms with Gasteiger partial charge in [0.2, 0.25) is 0 Å². The van der Waals surface area contributed by atoms with Crippen LogP contribution in [-0.4, -0.2) is 10.4 Å². The van der Waals surface area contributed by atoms with Crippen LogP contribution in [0.4, 0.5) is 0 Å². The van der Waals surface area contributed by atoms with Crippen LogP contribution < -0.4 is 0 Å². The van der Waals surface area contributed by atoms with E-state index in [1.807, 2.05) is 24.4 Å². The van der Waals surface area contributed by atoms with Gasteiger partial charge in [-0.15, -0.1) is 11.6 Å². The fourth-order valence-electron chi connectivity index (χ4n) is 1.07. The maximum Gasteiger partial charge on any atom is 0.0449 e. The first kappa shape index (κ1) is 6.17. The van der Waals surface area contributed by atoms with Crippen molar-refractivity contribution < 1.29 is 0 Å². The molecular formula is C8H8ClN. The Kier molecular flexibility index (Phi) is 1.38. The molecule has 2 unspecified atom stereocenters. The molecular weight excluding hydrogens is 146 g/mol. The number of rotatable bonds is 1. The molecule has 2 heteroatoms. The first-order chi connectivity index (χ1) is 4.88. The van der Waals surface area contributed by atoms with Crippen LogP contribution in [0.5, 0.6) is 0 Å². The van der Waals surface area contributed by atoms with Gasteiger partial charge in [0.1, 0.15) is 0 Å². The van der Waals surface area contributed by atoms with E-state index in [9.17, 15) is 0 Å². The SMILES string of the molecule is ClC1CC1c1ccccn1. The van der Waals surface area contributed by atoms with Crippen molar-refractivity contribution in [2.75, 3.05) is 0 Å². The molecule has 1 aromatic heterocycles. The van der Waals surface area contributed by atoms with Crippen molar-refractivity contribution in [2.45, 2.75) is 17.7 Å². The van der Waals surface area contributed by atoms with E-state index in [1.165, 1.54) is 0 Å². The number of alkyl halides is 1. The third-order valence-electron chi connectivity index (χ3n) is 1.78. The zero-order chi connectivity index (χ0) is 6.97. The van der Waals surface area contributed by atoms with E-state index >= 15 is 0 Å². The molecule has 0 spiro atoms. The van der Waals surface area contributed by atoms with E-state index in [2.05, 4.69) is 4.98 Å². The van der Waals surface area contributed by atoms with Gasteiger partial charge in [0, 0.05) is 23.2 Å². The van der Waals surface area contributed by atoms with Gasteiger partial charge in [-0.25, -0.2) is 0 Å². The second kappa shape index (κ2) is 2.24. The van der Waals surface area contributed by atoms with Gasteiger partial charge in [-0.05, 0) is 18.6 Å². The minimum absolute atomic E-state index is 0.342. The number of hydrogen-bond acceptors (Lipinski definition) is 1. The molecule has 0 N–H and O–H groups in total. The highest BCUT2D eigenvalue weighted by atomic mass is 35.5. The van der Waals surface area contributed by atoms with Gasteiger partial charge in [0.15, 0.2) is 0 Å². The molecule has 0 saturated heterocycles. The minimum atomic E-state index is 0.342. The van der Waals surface area contributed by atoms with Crippen molar-refractivity contribution in [3.63, 3.8) is 0 Å². The molecule has 1 nitrogen and oxygen atoms in total. The molecule has 10 heavy (non-hydrogen) atoms. The summed E-state index contributed by atoms with van der Waals surface area (Å²) in [5, 5.41) is 0.342. The van der Waals surface area contributed by atoms with Gasteiger partial charge in [-0.3, -0.25) is 4.98 Å². The molecule has 1 aliphatic carbocycles. The van der Waals surface area contributed by atoms with Crippen LogP contribution in [0.2, 0.25) is 0 Å². The smallest absolute Gasteiger partial charge is 0.0449 e. The topological polar surface area (TPSA) is 12.9 Å². The summed E-state index contributed by atoms with van der Waals surface area (Å²) >= 11 is 5.85. The molecule has 0 aliphatic heterocycles. The molecule has 0 bridgehead atoms. The summed E-state index contributed by atoms with van der Waals surface area (Å²) in [7, 11) is 0. The monoisotopic (exact) mass is 153 g/mol. The van der Waals surface area contributed by atoms with E-state index in [4.69, 9.17) is 11.6 Å². The van der Waals surface area contributed by atoms with Crippen molar-refractivity contribution in [3.05, 3.63) is 30.1 Å². The molecule has 0 radical (unpaired) electrons. The predicted octanol–water partition coefficient (Wildman–Crippen LogP) is 2.18. The molecule has 0 aromatic carbocycles. The van der Waals surface area contributed by atoms with E-state index in [1.54, 1.807) is 0 Å². The quantitative estimate of drug-likeness (QED) is 0.564. The Hall–Kier alpha value is -0.560. The second-order valence-electron chi connectivity index (χ2n) is 2.61. The highest BCUT2D eigenvalue weighted by Gasteiger charge is 2.37. The fraction of sp³-hybridized carbons (Fsp3) is 0.375. The fourth-order valence-corrected chi connectivity index (χ4v) is 1.39. The minimum Gasteiger partial charge on any atom is -0.261 e. The Morgan fingerprint density at radius 2 is 2.30 bits per heavy atom. The standard InChI is InChI=1S/C8H8ClN/c9-7-5-6(7)8-3-1-2-4-10-8/h1-4,6-7H,5H2. The molecule has 1 heterocycles. The van der Waals surface area contributed by atoms with Crippen LogP contribution in [-0.2, 0) is 0 Å². The summed E-state index contributed by atoms with van der Waals surface area (Å²) in [6.07, 6.45) is 2.91. The van der Waals surface area contributed by atoms with E-state index < -0.39 is 0 Å². The van der Waals surface area contributed by atoms with Crippen LogP contribution in [0.25, 0.3) is 0 Å². The van der Waals surface area contributed by atoms with Crippen molar-refractivity contribution in [3.8, 4) is 0 Å². The van der Waals surface area contributed by atoms with Crippen LogP contribution in [0.15, 0.2) is 24.4 Å². The molecule has 2 rings (SSSR count). The number of aromatic nitrogens is 1. The van der Waals surface area contributed by atoms with Gasteiger partial charge < -0.3 is 0 Å². The van der Waals surface area contributed by atoms with Crippen molar-refractivity contribution >= 4 is 11.6 Å². The Bertz CT molecular complexity index is 222. The molecule has 52 valence electrons. The first-order valence-electron chi connectivity index (χ1n) is 3.43. The summed E-state index contributed by atoms with van der Waals surface area (Å²) in [6.45, 7) is 0. The molecule has 0 amide bonds. The third kappa shape index (κ3) is 1.01. The van der Waals surface area contributed by atoms with Gasteiger partial charge in [-0.1, -0.05) is 6.07 Å². The Balaban J connectivity index is 2.20. The van der Waals surface area contributed by atoms with Gasteiger partial charge in [-0.2, -0.15) is 0 Å². The highest BCUT2D eigenvalue weighted by molar-refractivity contribution is 6.23. The molecule has 1 aliphatic rings. The zero-order valence-corrected chi connectivity index (χ0v) is 6.25. The van der Waals surface area contributed by atoms with Crippen LogP contribution in [0.3, 0.4) is 0 Å². The lowest BCUT2D eigenvalue weighted by Gasteiger charge is -1.92. The van der Waals surface area contributed by atoms with Crippen molar-refractivity contribution in [1.29, 1.82) is 0 Å². The summed E-state index contributed by atoms with van der Waals surface area (Å²) < 4.78 is 0. The number of halogens is 1. The number of nitrogens with zero attached hydrogens (tertiary/aromatic N) is 1. The second-order valence-corrected chi connectivity index (χ2v) is 3.17. The normalized spacial score (nSPS) is 30.1. The Morgan fingerprint density at radius 1 is 1.50 bits per heavy atom. The summed E-state index contributed by atoms with van der Waals surface area (Å²) in [6, 6.07) is 5.96. The van der Waals surface area contributed by atoms with E-state index in [0.29, 0.717) is 11.3 Å². The van der Waals surface area contributed by atoms with Crippen molar-refractivity contribution in [1.82, 2.24) is 4.98 Å². The molecule has 1 fully saturated rings. The zero-order valence-electron chi connectivity index (χ0n) is 5.50. The van der Waals surface area contributed by atoms with Crippen LogP contribution in [0, 0.1) is 0 Å². The largest absolute Gasteiger partial charge is 0.261 e. The number of hydrogen-bond donors (Lipinski definition) is 0. The number of pyridine rings is 1. The van der Waals surface area contributed by atoms with Gasteiger partial charge in [0.05, 0.1) is 0 Å². The molecule has 2 atom stereocenters. The summed E-state index contributed by atoms with van der Waals surface area (Å²) in [5.41, 5.74) is 1.14. The average Bonchev–Trinajstić information content (AvgIpc) is 2.69. The van der Waals surface area contributed by atoms with E-state index in [0.717, 1.165) is 12.1 Å². The van der Waals surface area contributed by atoms with Crippen LogP contribution in [0.1, 0.15) is 18.0 Å². The highest BCUT2D eigenvalue weighted by Crippen LogP contribution is 2.43. The lowest BCUT2D eigenvalue weighted by atomic mass is 10.2. The predicted molar refractivity (Wildman–Crippen MR) is 41.2 cm³/mol. The van der Waals surface area contributed by atoms with Crippen molar-refractivity contribution in [2.24, 2.45) is 0 Å². The lowest BCUT2D eigenvalue weighted by molar-refractivity contribution is 1.02. The maximum absolute atomic E-state index is 5.85.